The molecular formula is C16H22F2N4OSi. The molecule has 130 valence electrons. The fourth-order valence-corrected chi connectivity index (χ4v) is 5.15. The number of aryl methyl sites for hydroxylation is 1. The predicted octanol–water partition coefficient (Wildman–Crippen LogP) is 2.84. The molecule has 3 heterocycles. The number of carbonyl (C=O) groups is 1. The molecule has 0 bridgehead atoms. The van der Waals surface area contributed by atoms with Gasteiger partial charge in [-0.25, -0.2) is 13.8 Å². The minimum absolute atomic E-state index is 0.00391. The van der Waals surface area contributed by atoms with Crippen molar-refractivity contribution < 1.29 is 13.6 Å². The number of amides is 1. The molecule has 0 aliphatic carbocycles. The number of carbonyl (C=O) groups excluding carboxylic acids is 1. The minimum atomic E-state index is -1.37. The molecule has 0 spiro atoms. The third-order valence-corrected chi connectivity index (χ3v) is 7.35. The number of hydrogen-bond donors (Lipinski definition) is 3. The van der Waals surface area contributed by atoms with Crippen molar-refractivity contribution in [3.8, 4) is 0 Å². The second-order valence-corrected chi connectivity index (χ2v) is 11.7. The molecule has 1 aliphatic heterocycles. The highest BCUT2D eigenvalue weighted by Gasteiger charge is 2.27. The Bertz CT molecular complexity index is 790. The zero-order chi connectivity index (χ0) is 17.5. The van der Waals surface area contributed by atoms with Crippen molar-refractivity contribution >= 4 is 25.2 Å². The Hall–Kier alpha value is -1.80. The molecular weight excluding hydrogens is 330 g/mol. The zero-order valence-electron chi connectivity index (χ0n) is 14.1. The summed E-state index contributed by atoms with van der Waals surface area (Å²) >= 11 is 0. The average Bonchev–Trinajstić information content (AvgIpc) is 2.86. The van der Waals surface area contributed by atoms with Gasteiger partial charge in [0, 0.05) is 12.6 Å². The molecule has 1 fully saturated rings. The monoisotopic (exact) mass is 352 g/mol. The second kappa shape index (κ2) is 6.25. The SMILES string of the molecule is Cc1nc2[nH]c(C(=O)N[C@@H]3CCC[Si](C)(C)NC3)cc2c(F)c1F. The number of aromatic amines is 1. The van der Waals surface area contributed by atoms with Crippen molar-refractivity contribution in [3.05, 3.63) is 29.1 Å². The van der Waals surface area contributed by atoms with Crippen LogP contribution in [0.3, 0.4) is 0 Å². The molecule has 3 rings (SSSR count). The van der Waals surface area contributed by atoms with Crippen LogP contribution in [-0.4, -0.2) is 36.7 Å². The minimum Gasteiger partial charge on any atom is -0.347 e. The van der Waals surface area contributed by atoms with Crippen LogP contribution in [0, 0.1) is 18.6 Å². The molecule has 2 aromatic rings. The number of aromatic nitrogens is 2. The number of fused-ring (bicyclic) bond motifs is 1. The molecule has 1 amide bonds. The standard InChI is InChI=1S/C16H22F2N4OSi/c1-9-13(17)14(18)11-7-12(22-15(11)20-9)16(23)21-10-5-4-6-24(2,3)19-8-10/h7,10,19H,4-6,8H2,1-3H3,(H,20,22)(H,21,23)/t10-/m1/s1. The summed E-state index contributed by atoms with van der Waals surface area (Å²) in [5.74, 6) is -2.27. The van der Waals surface area contributed by atoms with E-state index in [0.717, 1.165) is 19.4 Å². The first kappa shape index (κ1) is 17.0. The molecule has 24 heavy (non-hydrogen) atoms. The third-order valence-electron chi connectivity index (χ3n) is 4.58. The predicted molar refractivity (Wildman–Crippen MR) is 91.5 cm³/mol. The van der Waals surface area contributed by atoms with E-state index in [1.807, 2.05) is 0 Å². The maximum atomic E-state index is 14.0. The van der Waals surface area contributed by atoms with Crippen molar-refractivity contribution in [3.63, 3.8) is 0 Å². The first-order chi connectivity index (χ1) is 11.3. The van der Waals surface area contributed by atoms with Crippen LogP contribution in [0.2, 0.25) is 19.1 Å². The summed E-state index contributed by atoms with van der Waals surface area (Å²) in [7, 11) is -1.37. The number of H-pyrrole nitrogens is 1. The first-order valence-electron chi connectivity index (χ1n) is 8.17. The van der Waals surface area contributed by atoms with Crippen LogP contribution in [0.5, 0.6) is 0 Å². The van der Waals surface area contributed by atoms with E-state index in [2.05, 4.69) is 33.4 Å². The van der Waals surface area contributed by atoms with Crippen molar-refractivity contribution in [1.29, 1.82) is 0 Å². The number of nitrogens with zero attached hydrogens (tertiary/aromatic N) is 1. The van der Waals surface area contributed by atoms with Crippen molar-refractivity contribution in [2.75, 3.05) is 6.54 Å². The topological polar surface area (TPSA) is 69.8 Å². The van der Waals surface area contributed by atoms with Gasteiger partial charge in [0.1, 0.15) is 19.6 Å². The van der Waals surface area contributed by atoms with Gasteiger partial charge in [0.2, 0.25) is 0 Å². The van der Waals surface area contributed by atoms with E-state index in [1.54, 1.807) is 0 Å². The summed E-state index contributed by atoms with van der Waals surface area (Å²) in [5.41, 5.74) is 0.347. The van der Waals surface area contributed by atoms with Crippen LogP contribution in [-0.2, 0) is 0 Å². The fourth-order valence-electron chi connectivity index (χ4n) is 3.08. The number of nitrogens with one attached hydrogen (secondary N) is 3. The Labute approximate surface area is 140 Å². The molecule has 8 heteroatoms. The lowest BCUT2D eigenvalue weighted by Gasteiger charge is -2.22. The van der Waals surface area contributed by atoms with Gasteiger partial charge in [0.25, 0.3) is 5.91 Å². The Morgan fingerprint density at radius 2 is 2.12 bits per heavy atom. The molecule has 0 saturated carbocycles. The Balaban J connectivity index is 1.78. The Morgan fingerprint density at radius 3 is 2.88 bits per heavy atom. The normalized spacial score (nSPS) is 20.8. The van der Waals surface area contributed by atoms with Gasteiger partial charge in [0.05, 0.1) is 11.1 Å². The fraction of sp³-hybridized carbons (Fsp3) is 0.500. The highest BCUT2D eigenvalue weighted by Crippen LogP contribution is 2.22. The molecule has 1 saturated heterocycles. The second-order valence-electron chi connectivity index (χ2n) is 7.10. The lowest BCUT2D eigenvalue weighted by Crippen LogP contribution is -2.49. The van der Waals surface area contributed by atoms with Gasteiger partial charge in [-0.2, -0.15) is 0 Å². The quantitative estimate of drug-likeness (QED) is 0.728. The molecule has 0 aromatic carbocycles. The van der Waals surface area contributed by atoms with E-state index in [-0.39, 0.29) is 34.4 Å². The summed E-state index contributed by atoms with van der Waals surface area (Å²) in [5, 5.41) is 2.96. The Kier molecular flexibility index (Phi) is 4.44. The molecule has 0 radical (unpaired) electrons. The van der Waals surface area contributed by atoms with Gasteiger partial charge in [-0.05, 0) is 25.5 Å². The van der Waals surface area contributed by atoms with Gasteiger partial charge in [-0.15, -0.1) is 0 Å². The van der Waals surface area contributed by atoms with Gasteiger partial charge in [-0.3, -0.25) is 4.79 Å². The largest absolute Gasteiger partial charge is 0.347 e. The number of hydrogen-bond acceptors (Lipinski definition) is 3. The van der Waals surface area contributed by atoms with E-state index in [9.17, 15) is 13.6 Å². The summed E-state index contributed by atoms with van der Waals surface area (Å²) in [6, 6.07) is 2.53. The van der Waals surface area contributed by atoms with Crippen LogP contribution in [0.1, 0.15) is 29.0 Å². The van der Waals surface area contributed by atoms with Crippen LogP contribution < -0.4 is 10.3 Å². The van der Waals surface area contributed by atoms with Gasteiger partial charge in [-0.1, -0.05) is 19.5 Å². The molecule has 1 aliphatic rings. The van der Waals surface area contributed by atoms with E-state index in [0.29, 0.717) is 0 Å². The van der Waals surface area contributed by atoms with Crippen molar-refractivity contribution in [1.82, 2.24) is 20.3 Å². The van der Waals surface area contributed by atoms with E-state index in [4.69, 9.17) is 0 Å². The van der Waals surface area contributed by atoms with Gasteiger partial charge < -0.3 is 15.3 Å². The summed E-state index contributed by atoms with van der Waals surface area (Å²) in [6.45, 7) is 6.69. The molecule has 0 unspecified atom stereocenters. The molecule has 2 aromatic heterocycles. The highest BCUT2D eigenvalue weighted by molar-refractivity contribution is 6.75. The first-order valence-corrected chi connectivity index (χ1v) is 11.4. The zero-order valence-corrected chi connectivity index (χ0v) is 15.1. The van der Waals surface area contributed by atoms with Crippen molar-refractivity contribution in [2.24, 2.45) is 0 Å². The van der Waals surface area contributed by atoms with Crippen LogP contribution in [0.4, 0.5) is 8.78 Å². The van der Waals surface area contributed by atoms with Crippen molar-refractivity contribution in [2.45, 2.75) is 44.9 Å². The van der Waals surface area contributed by atoms with Gasteiger partial charge >= 0.3 is 0 Å². The van der Waals surface area contributed by atoms with Crippen LogP contribution in [0.15, 0.2) is 6.07 Å². The Morgan fingerprint density at radius 1 is 1.38 bits per heavy atom. The molecule has 5 nitrogen and oxygen atoms in total. The summed E-state index contributed by atoms with van der Waals surface area (Å²) in [4.78, 5) is 22.8. The maximum Gasteiger partial charge on any atom is 0.268 e. The highest BCUT2D eigenvalue weighted by atomic mass is 28.3. The lowest BCUT2D eigenvalue weighted by atomic mass is 10.1. The van der Waals surface area contributed by atoms with Crippen LogP contribution in [0.25, 0.3) is 11.0 Å². The third kappa shape index (κ3) is 3.34. The lowest BCUT2D eigenvalue weighted by molar-refractivity contribution is 0.0931. The summed E-state index contributed by atoms with van der Waals surface area (Å²) < 4.78 is 27.6. The van der Waals surface area contributed by atoms with E-state index >= 15 is 0 Å². The average molecular weight is 352 g/mol. The maximum absolute atomic E-state index is 14.0. The molecule has 1 atom stereocenters. The smallest absolute Gasteiger partial charge is 0.268 e. The number of pyridine rings is 1. The van der Waals surface area contributed by atoms with Crippen LogP contribution >= 0.6 is 0 Å². The van der Waals surface area contributed by atoms with E-state index < -0.39 is 19.9 Å². The summed E-state index contributed by atoms with van der Waals surface area (Å²) in [6.07, 6.45) is 1.99. The number of rotatable bonds is 2. The van der Waals surface area contributed by atoms with Gasteiger partial charge in [0.15, 0.2) is 11.6 Å². The van der Waals surface area contributed by atoms with E-state index in [1.165, 1.54) is 19.0 Å². The molecule has 3 N–H and O–H groups in total. The number of halogens is 2.